The molecule has 0 bridgehead atoms. The predicted molar refractivity (Wildman–Crippen MR) is 92.6 cm³/mol. The quantitative estimate of drug-likeness (QED) is 0.846. The first-order valence-electron chi connectivity index (χ1n) is 7.64. The summed E-state index contributed by atoms with van der Waals surface area (Å²) in [4.78, 5) is 11.6. The molecule has 0 aliphatic carbocycles. The lowest BCUT2D eigenvalue weighted by molar-refractivity contribution is -0.141. The topological polar surface area (TPSA) is 95.9 Å². The lowest BCUT2D eigenvalue weighted by atomic mass is 9.96. The largest absolute Gasteiger partial charge is 0.497 e. The summed E-state index contributed by atoms with van der Waals surface area (Å²) in [6, 6.07) is 12.5. The highest BCUT2D eigenvalue weighted by molar-refractivity contribution is 7.90. The number of ether oxygens (including phenoxy) is 1. The van der Waals surface area contributed by atoms with E-state index in [1.165, 1.54) is 7.11 Å². The molecule has 2 N–H and O–H groups in total. The molecule has 2 aromatic carbocycles. The van der Waals surface area contributed by atoms with Crippen LogP contribution in [0.5, 0.6) is 5.75 Å². The van der Waals surface area contributed by atoms with Crippen molar-refractivity contribution in [2.24, 2.45) is 0 Å². The van der Waals surface area contributed by atoms with Crippen molar-refractivity contribution in [2.45, 2.75) is 19.0 Å². The molecule has 1 unspecified atom stereocenters. The molecule has 0 spiro atoms. The van der Waals surface area contributed by atoms with Crippen LogP contribution < -0.4 is 9.46 Å². The number of carboxylic acid groups (broad SMARTS) is 1. The van der Waals surface area contributed by atoms with Crippen molar-refractivity contribution >= 4 is 21.9 Å². The Bertz CT molecular complexity index is 880. The minimum atomic E-state index is -4.03. The Balaban J connectivity index is 1.89. The molecule has 1 heterocycles. The van der Waals surface area contributed by atoms with Gasteiger partial charge in [0.25, 0.3) is 0 Å². The van der Waals surface area contributed by atoms with Gasteiger partial charge in [0.05, 0.1) is 12.8 Å². The highest BCUT2D eigenvalue weighted by atomic mass is 32.2. The van der Waals surface area contributed by atoms with Crippen LogP contribution in [0.1, 0.15) is 11.1 Å². The molecule has 132 valence electrons. The smallest absolute Gasteiger partial charge is 0.322 e. The zero-order valence-corrected chi connectivity index (χ0v) is 14.4. The van der Waals surface area contributed by atoms with Crippen molar-refractivity contribution in [1.29, 1.82) is 0 Å². The molecule has 0 saturated heterocycles. The Labute approximate surface area is 146 Å². The molecule has 7 nitrogen and oxygen atoms in total. The van der Waals surface area contributed by atoms with Gasteiger partial charge in [-0.15, -0.1) is 0 Å². The first-order valence-corrected chi connectivity index (χ1v) is 9.08. The minimum Gasteiger partial charge on any atom is -0.497 e. The number of nitrogens with one attached hydrogen (secondary N) is 1. The van der Waals surface area contributed by atoms with Gasteiger partial charge in [0.2, 0.25) is 0 Å². The van der Waals surface area contributed by atoms with Crippen LogP contribution in [0.2, 0.25) is 0 Å². The summed E-state index contributed by atoms with van der Waals surface area (Å²) in [7, 11) is -2.52. The van der Waals surface area contributed by atoms with Gasteiger partial charge in [0.15, 0.2) is 0 Å². The third-order valence-electron chi connectivity index (χ3n) is 4.14. The highest BCUT2D eigenvalue weighted by Gasteiger charge is 2.38. The van der Waals surface area contributed by atoms with Crippen molar-refractivity contribution in [2.75, 3.05) is 11.8 Å². The number of nitrogens with zero attached hydrogens (tertiary/aromatic N) is 1. The van der Waals surface area contributed by atoms with E-state index in [-0.39, 0.29) is 13.0 Å². The average Bonchev–Trinajstić information content (AvgIpc) is 2.61. The number of carbonyl (C=O) groups is 1. The summed E-state index contributed by atoms with van der Waals surface area (Å²) in [5, 5.41) is 9.48. The summed E-state index contributed by atoms with van der Waals surface area (Å²) in [6.45, 7) is 0.0125. The van der Waals surface area contributed by atoms with Crippen molar-refractivity contribution in [3.63, 3.8) is 0 Å². The van der Waals surface area contributed by atoms with Crippen molar-refractivity contribution in [1.82, 2.24) is 4.31 Å². The zero-order valence-electron chi connectivity index (χ0n) is 13.5. The molecule has 25 heavy (non-hydrogen) atoms. The molecule has 0 saturated carbocycles. The Morgan fingerprint density at radius 3 is 2.40 bits per heavy atom. The number of rotatable bonds is 5. The number of aliphatic carboxylic acids is 1. The summed E-state index contributed by atoms with van der Waals surface area (Å²) >= 11 is 0. The fourth-order valence-electron chi connectivity index (χ4n) is 2.83. The Hall–Kier alpha value is -2.58. The van der Waals surface area contributed by atoms with E-state index in [0.717, 1.165) is 15.4 Å². The zero-order chi connectivity index (χ0) is 18.0. The molecule has 1 aliphatic rings. The van der Waals surface area contributed by atoms with E-state index in [9.17, 15) is 18.3 Å². The van der Waals surface area contributed by atoms with Crippen molar-refractivity contribution in [3.8, 4) is 5.75 Å². The van der Waals surface area contributed by atoms with Crippen LogP contribution in [0, 0.1) is 0 Å². The van der Waals surface area contributed by atoms with Gasteiger partial charge in [-0.3, -0.25) is 9.52 Å². The minimum absolute atomic E-state index is 0.0125. The number of hydrogen-bond acceptors (Lipinski definition) is 4. The predicted octanol–water partition coefficient (Wildman–Crippen LogP) is 1.86. The summed E-state index contributed by atoms with van der Waals surface area (Å²) in [5.74, 6) is -0.576. The molecule has 0 fully saturated rings. The SMILES string of the molecule is COc1ccc(NS(=O)(=O)N2Cc3ccccc3CC2C(=O)O)cc1. The van der Waals surface area contributed by atoms with Gasteiger partial charge >= 0.3 is 16.2 Å². The van der Waals surface area contributed by atoms with Gasteiger partial charge in [0.1, 0.15) is 11.8 Å². The maximum atomic E-state index is 12.8. The van der Waals surface area contributed by atoms with Gasteiger partial charge in [-0.05, 0) is 35.4 Å². The van der Waals surface area contributed by atoms with Crippen LogP contribution in [0.3, 0.4) is 0 Å². The monoisotopic (exact) mass is 362 g/mol. The first kappa shape index (κ1) is 17.2. The third kappa shape index (κ3) is 3.59. The summed E-state index contributed by atoms with van der Waals surface area (Å²) < 4.78 is 34.0. The molecule has 0 aromatic heterocycles. The second-order valence-corrected chi connectivity index (χ2v) is 7.33. The first-order chi connectivity index (χ1) is 11.9. The van der Waals surface area contributed by atoms with Gasteiger partial charge < -0.3 is 9.84 Å². The molecule has 1 aliphatic heterocycles. The van der Waals surface area contributed by atoms with E-state index in [4.69, 9.17) is 4.74 Å². The molecule has 0 radical (unpaired) electrons. The van der Waals surface area contributed by atoms with Crippen LogP contribution in [0.25, 0.3) is 0 Å². The van der Waals surface area contributed by atoms with Crippen LogP contribution in [-0.4, -0.2) is 37.0 Å². The van der Waals surface area contributed by atoms with E-state index in [0.29, 0.717) is 11.4 Å². The normalized spacial score (nSPS) is 17.6. The third-order valence-corrected chi connectivity index (χ3v) is 5.63. The Morgan fingerprint density at radius 1 is 1.16 bits per heavy atom. The van der Waals surface area contributed by atoms with Crippen LogP contribution in [0.15, 0.2) is 48.5 Å². The van der Waals surface area contributed by atoms with E-state index >= 15 is 0 Å². The Kier molecular flexibility index (Phi) is 4.65. The Morgan fingerprint density at radius 2 is 1.80 bits per heavy atom. The van der Waals surface area contributed by atoms with Gasteiger partial charge in [0, 0.05) is 13.0 Å². The van der Waals surface area contributed by atoms with Crippen molar-refractivity contribution in [3.05, 3.63) is 59.7 Å². The number of carboxylic acids is 1. The number of methoxy groups -OCH3 is 1. The van der Waals surface area contributed by atoms with Gasteiger partial charge in [-0.25, -0.2) is 0 Å². The van der Waals surface area contributed by atoms with E-state index in [1.54, 1.807) is 24.3 Å². The van der Waals surface area contributed by atoms with Gasteiger partial charge in [-0.1, -0.05) is 24.3 Å². The van der Waals surface area contributed by atoms with Crippen LogP contribution in [-0.2, 0) is 28.0 Å². The van der Waals surface area contributed by atoms with Crippen molar-refractivity contribution < 1.29 is 23.1 Å². The lowest BCUT2D eigenvalue weighted by Gasteiger charge is -2.33. The van der Waals surface area contributed by atoms with E-state index < -0.39 is 22.2 Å². The molecule has 1 atom stereocenters. The van der Waals surface area contributed by atoms with Crippen LogP contribution >= 0.6 is 0 Å². The molecular weight excluding hydrogens is 344 g/mol. The molecule has 3 rings (SSSR count). The highest BCUT2D eigenvalue weighted by Crippen LogP contribution is 2.27. The molecule has 0 amide bonds. The second kappa shape index (κ2) is 6.73. The standard InChI is InChI=1S/C17H18N2O5S/c1-24-15-8-6-14(7-9-15)18-25(22,23)19-11-13-5-3-2-4-12(13)10-16(19)17(20)21/h2-9,16,18H,10-11H2,1H3,(H,20,21). The number of benzene rings is 2. The maximum Gasteiger partial charge on any atom is 0.322 e. The molecule has 2 aromatic rings. The summed E-state index contributed by atoms with van der Waals surface area (Å²) in [6.07, 6.45) is 0.134. The second-order valence-electron chi connectivity index (χ2n) is 5.71. The van der Waals surface area contributed by atoms with Crippen LogP contribution in [0.4, 0.5) is 5.69 Å². The maximum absolute atomic E-state index is 12.8. The molecular formula is C17H18N2O5S. The number of anilines is 1. The van der Waals surface area contributed by atoms with E-state index in [1.807, 2.05) is 24.3 Å². The van der Waals surface area contributed by atoms with Gasteiger partial charge in [-0.2, -0.15) is 12.7 Å². The lowest BCUT2D eigenvalue weighted by Crippen LogP contribution is -2.50. The average molecular weight is 362 g/mol. The summed E-state index contributed by atoms with van der Waals surface area (Å²) in [5.41, 5.74) is 2.00. The number of fused-ring (bicyclic) bond motifs is 1. The van der Waals surface area contributed by atoms with E-state index in [2.05, 4.69) is 4.72 Å². The number of hydrogen-bond donors (Lipinski definition) is 2. The molecule has 8 heteroatoms. The fourth-order valence-corrected chi connectivity index (χ4v) is 4.19. The fraction of sp³-hybridized carbons (Fsp3) is 0.235.